The molecule has 0 amide bonds. The van der Waals surface area contributed by atoms with Crippen molar-refractivity contribution in [3.63, 3.8) is 0 Å². The molecule has 1 heterocycles. The minimum atomic E-state index is -1.01. The first-order chi connectivity index (χ1) is 9.13. The Morgan fingerprint density at radius 3 is 2.79 bits per heavy atom. The van der Waals surface area contributed by atoms with Gasteiger partial charge >= 0.3 is 0 Å². The van der Waals surface area contributed by atoms with Crippen LogP contribution in [0.4, 0.5) is 8.78 Å². The third kappa shape index (κ3) is 2.88. The molecule has 0 saturated heterocycles. The van der Waals surface area contributed by atoms with E-state index in [-0.39, 0.29) is 17.9 Å². The summed E-state index contributed by atoms with van der Waals surface area (Å²) in [5.41, 5.74) is 0.548. The molecule has 0 radical (unpaired) electrons. The molecule has 1 aromatic carbocycles. The molecule has 100 valence electrons. The van der Waals surface area contributed by atoms with Gasteiger partial charge < -0.3 is 9.84 Å². The molecule has 3 nitrogen and oxygen atoms in total. The van der Waals surface area contributed by atoms with Crippen LogP contribution in [0.1, 0.15) is 17.2 Å². The number of benzene rings is 1. The average molecular weight is 265 g/mol. The van der Waals surface area contributed by atoms with Crippen molar-refractivity contribution in [1.29, 1.82) is 0 Å². The van der Waals surface area contributed by atoms with E-state index in [4.69, 9.17) is 4.74 Å². The van der Waals surface area contributed by atoms with E-state index in [0.29, 0.717) is 5.56 Å². The number of methoxy groups -OCH3 is 1. The monoisotopic (exact) mass is 265 g/mol. The Morgan fingerprint density at radius 1 is 1.26 bits per heavy atom. The highest BCUT2D eigenvalue weighted by Gasteiger charge is 2.17. The van der Waals surface area contributed by atoms with Crippen molar-refractivity contribution in [2.45, 2.75) is 12.5 Å². The van der Waals surface area contributed by atoms with Crippen LogP contribution in [0.5, 0.6) is 5.88 Å². The molecule has 1 atom stereocenters. The highest BCUT2D eigenvalue weighted by Crippen LogP contribution is 2.26. The van der Waals surface area contributed by atoms with Crippen LogP contribution in [0.3, 0.4) is 0 Å². The topological polar surface area (TPSA) is 42.4 Å². The lowest BCUT2D eigenvalue weighted by Crippen LogP contribution is -2.07. The Kier molecular flexibility index (Phi) is 4.06. The summed E-state index contributed by atoms with van der Waals surface area (Å²) in [5.74, 6) is -1.60. The van der Waals surface area contributed by atoms with Crippen molar-refractivity contribution in [3.8, 4) is 5.88 Å². The molecule has 0 aliphatic heterocycles. The van der Waals surface area contributed by atoms with E-state index >= 15 is 0 Å². The van der Waals surface area contributed by atoms with E-state index in [1.165, 1.54) is 25.4 Å². The van der Waals surface area contributed by atoms with Crippen LogP contribution in [0.15, 0.2) is 36.5 Å². The number of rotatable bonds is 4. The van der Waals surface area contributed by atoms with Gasteiger partial charge in [0, 0.05) is 18.2 Å². The number of hydrogen-bond acceptors (Lipinski definition) is 3. The van der Waals surface area contributed by atoms with Crippen molar-refractivity contribution >= 4 is 0 Å². The van der Waals surface area contributed by atoms with Gasteiger partial charge in [0.1, 0.15) is 0 Å². The standard InChI is InChI=1S/C14H13F2NO2/c1-19-14-10(5-3-7-17-14)12(18)8-9-4-2-6-11(15)13(9)16/h2-7,12,18H,8H2,1H3. The van der Waals surface area contributed by atoms with Crippen molar-refractivity contribution in [2.24, 2.45) is 0 Å². The van der Waals surface area contributed by atoms with Crippen LogP contribution in [0, 0.1) is 11.6 Å². The van der Waals surface area contributed by atoms with Crippen LogP contribution in [-0.2, 0) is 6.42 Å². The van der Waals surface area contributed by atoms with Crippen LogP contribution >= 0.6 is 0 Å². The fraction of sp³-hybridized carbons (Fsp3) is 0.214. The first-order valence-electron chi connectivity index (χ1n) is 5.73. The van der Waals surface area contributed by atoms with Crippen LogP contribution < -0.4 is 4.74 Å². The van der Waals surface area contributed by atoms with Gasteiger partial charge in [-0.1, -0.05) is 12.1 Å². The fourth-order valence-electron chi connectivity index (χ4n) is 1.85. The second-order valence-electron chi connectivity index (χ2n) is 4.03. The maximum atomic E-state index is 13.5. The molecule has 1 unspecified atom stereocenters. The predicted octanol–water partition coefficient (Wildman–Crippen LogP) is 2.64. The lowest BCUT2D eigenvalue weighted by Gasteiger charge is -2.14. The van der Waals surface area contributed by atoms with Gasteiger partial charge in [0.05, 0.1) is 13.2 Å². The summed E-state index contributed by atoms with van der Waals surface area (Å²) in [6.07, 6.45) is 0.462. The highest BCUT2D eigenvalue weighted by atomic mass is 19.2. The maximum absolute atomic E-state index is 13.5. The number of nitrogens with zero attached hydrogens (tertiary/aromatic N) is 1. The molecule has 0 spiro atoms. The molecular weight excluding hydrogens is 252 g/mol. The predicted molar refractivity (Wildman–Crippen MR) is 65.8 cm³/mol. The number of aliphatic hydroxyl groups excluding tert-OH is 1. The van der Waals surface area contributed by atoms with Crippen molar-refractivity contribution in [3.05, 3.63) is 59.3 Å². The summed E-state index contributed by atoms with van der Waals surface area (Å²) in [7, 11) is 1.43. The Balaban J connectivity index is 2.26. The normalized spacial score (nSPS) is 12.2. The molecule has 0 aliphatic rings. The number of hydrogen-bond donors (Lipinski definition) is 1. The van der Waals surface area contributed by atoms with Gasteiger partial charge in [0.25, 0.3) is 0 Å². The number of pyridine rings is 1. The third-order valence-electron chi connectivity index (χ3n) is 2.80. The molecule has 0 aliphatic carbocycles. The first-order valence-corrected chi connectivity index (χ1v) is 5.73. The highest BCUT2D eigenvalue weighted by molar-refractivity contribution is 5.30. The Bertz CT molecular complexity index is 575. The van der Waals surface area contributed by atoms with Gasteiger partial charge in [0.15, 0.2) is 11.6 Å². The molecule has 0 saturated carbocycles. The van der Waals surface area contributed by atoms with E-state index in [1.807, 2.05) is 0 Å². The van der Waals surface area contributed by atoms with E-state index < -0.39 is 17.7 Å². The number of aliphatic hydroxyl groups is 1. The minimum Gasteiger partial charge on any atom is -0.481 e. The molecule has 2 aromatic rings. The zero-order valence-electron chi connectivity index (χ0n) is 10.3. The van der Waals surface area contributed by atoms with E-state index in [2.05, 4.69) is 4.98 Å². The SMILES string of the molecule is COc1ncccc1C(O)Cc1cccc(F)c1F. The van der Waals surface area contributed by atoms with Gasteiger partial charge in [-0.25, -0.2) is 13.8 Å². The zero-order valence-corrected chi connectivity index (χ0v) is 10.3. The van der Waals surface area contributed by atoms with E-state index in [0.717, 1.165) is 6.07 Å². The van der Waals surface area contributed by atoms with Crippen LogP contribution in [-0.4, -0.2) is 17.2 Å². The van der Waals surface area contributed by atoms with Gasteiger partial charge in [-0.05, 0) is 23.8 Å². The van der Waals surface area contributed by atoms with Crippen molar-refractivity contribution in [1.82, 2.24) is 4.98 Å². The fourth-order valence-corrected chi connectivity index (χ4v) is 1.85. The van der Waals surface area contributed by atoms with Gasteiger partial charge in [-0.3, -0.25) is 0 Å². The lowest BCUT2D eigenvalue weighted by molar-refractivity contribution is 0.171. The minimum absolute atomic E-state index is 0.0500. The zero-order chi connectivity index (χ0) is 13.8. The maximum Gasteiger partial charge on any atom is 0.218 e. The van der Waals surface area contributed by atoms with E-state index in [9.17, 15) is 13.9 Å². The summed E-state index contributed by atoms with van der Waals surface area (Å²) in [4.78, 5) is 3.95. The quantitative estimate of drug-likeness (QED) is 0.924. The van der Waals surface area contributed by atoms with Crippen LogP contribution in [0.25, 0.3) is 0 Å². The number of halogens is 2. The van der Waals surface area contributed by atoms with Gasteiger partial charge in [-0.2, -0.15) is 0 Å². The number of aromatic nitrogens is 1. The molecule has 0 bridgehead atoms. The van der Waals surface area contributed by atoms with Crippen LogP contribution in [0.2, 0.25) is 0 Å². The average Bonchev–Trinajstić information content (AvgIpc) is 2.43. The lowest BCUT2D eigenvalue weighted by atomic mass is 10.0. The summed E-state index contributed by atoms with van der Waals surface area (Å²) >= 11 is 0. The summed E-state index contributed by atoms with van der Waals surface area (Å²) in [6.45, 7) is 0. The van der Waals surface area contributed by atoms with Crippen molar-refractivity contribution in [2.75, 3.05) is 7.11 Å². The molecule has 1 aromatic heterocycles. The molecule has 2 rings (SSSR count). The smallest absolute Gasteiger partial charge is 0.218 e. The van der Waals surface area contributed by atoms with Crippen molar-refractivity contribution < 1.29 is 18.6 Å². The largest absolute Gasteiger partial charge is 0.481 e. The molecular formula is C14H13F2NO2. The Labute approximate surface area is 109 Å². The van der Waals surface area contributed by atoms with Gasteiger partial charge in [0.2, 0.25) is 5.88 Å². The molecule has 0 fully saturated rings. The van der Waals surface area contributed by atoms with Gasteiger partial charge in [-0.15, -0.1) is 0 Å². The molecule has 1 N–H and O–H groups in total. The summed E-state index contributed by atoms with van der Waals surface area (Å²) < 4.78 is 31.6. The molecule has 19 heavy (non-hydrogen) atoms. The second kappa shape index (κ2) is 5.75. The Hall–Kier alpha value is -2.01. The molecule has 5 heteroatoms. The summed E-state index contributed by atoms with van der Waals surface area (Å²) in [5, 5.41) is 10.1. The second-order valence-corrected chi connectivity index (χ2v) is 4.03. The summed E-state index contributed by atoms with van der Waals surface area (Å²) in [6, 6.07) is 7.15. The first kappa shape index (κ1) is 13.4. The Morgan fingerprint density at radius 2 is 2.05 bits per heavy atom. The third-order valence-corrected chi connectivity index (χ3v) is 2.80. The van der Waals surface area contributed by atoms with E-state index in [1.54, 1.807) is 12.1 Å². The number of ether oxygens (including phenoxy) is 1.